The average molecular weight is 311 g/mol. The van der Waals surface area contributed by atoms with Gasteiger partial charge in [-0.15, -0.1) is 0 Å². The van der Waals surface area contributed by atoms with Gasteiger partial charge in [-0.25, -0.2) is 0 Å². The van der Waals surface area contributed by atoms with Crippen molar-refractivity contribution in [2.75, 3.05) is 18.8 Å². The van der Waals surface area contributed by atoms with Gasteiger partial charge in [-0.05, 0) is 46.8 Å². The molecule has 18 heavy (non-hydrogen) atoms. The van der Waals surface area contributed by atoms with Crippen LogP contribution in [0.3, 0.4) is 0 Å². The topological polar surface area (TPSA) is 66.6 Å². The van der Waals surface area contributed by atoms with Gasteiger partial charge in [0.15, 0.2) is 0 Å². The Morgan fingerprint density at radius 1 is 1.44 bits per heavy atom. The van der Waals surface area contributed by atoms with Crippen LogP contribution in [0.2, 0.25) is 0 Å². The van der Waals surface area contributed by atoms with Gasteiger partial charge in [-0.1, -0.05) is 6.07 Å². The van der Waals surface area contributed by atoms with E-state index in [4.69, 9.17) is 5.73 Å². The molecule has 1 aromatic carbocycles. The number of carbonyl (C=O) groups is 1. The number of carbonyl (C=O) groups excluding carboxylic acids is 1. The SMILES string of the molecule is Nc1cccc(C(=O)N2CC(O)(C3CC3)C2)c1Br. The summed E-state index contributed by atoms with van der Waals surface area (Å²) in [5.74, 6) is 0.324. The van der Waals surface area contributed by atoms with Crippen LogP contribution in [0.4, 0.5) is 5.69 Å². The normalized spacial score (nSPS) is 21.6. The van der Waals surface area contributed by atoms with Crippen molar-refractivity contribution in [2.24, 2.45) is 5.92 Å². The lowest BCUT2D eigenvalue weighted by Crippen LogP contribution is -2.64. The number of hydrogen-bond acceptors (Lipinski definition) is 3. The molecule has 1 saturated heterocycles. The lowest BCUT2D eigenvalue weighted by Gasteiger charge is -2.47. The highest BCUT2D eigenvalue weighted by Gasteiger charge is 2.53. The van der Waals surface area contributed by atoms with E-state index in [9.17, 15) is 9.90 Å². The highest BCUT2D eigenvalue weighted by Crippen LogP contribution is 2.45. The molecule has 2 fully saturated rings. The molecule has 1 aliphatic heterocycles. The average Bonchev–Trinajstić information content (AvgIpc) is 3.12. The van der Waals surface area contributed by atoms with Crippen molar-refractivity contribution in [3.05, 3.63) is 28.2 Å². The van der Waals surface area contributed by atoms with Crippen molar-refractivity contribution in [2.45, 2.75) is 18.4 Å². The van der Waals surface area contributed by atoms with Crippen LogP contribution in [-0.4, -0.2) is 34.6 Å². The standard InChI is InChI=1S/C13H15BrN2O2/c14-11-9(2-1-3-10(11)15)12(17)16-6-13(18,7-16)8-4-5-8/h1-3,8,18H,4-7,15H2. The molecule has 1 aliphatic carbocycles. The lowest BCUT2D eigenvalue weighted by molar-refractivity contribution is -0.0958. The zero-order valence-corrected chi connectivity index (χ0v) is 11.5. The summed E-state index contributed by atoms with van der Waals surface area (Å²) in [7, 11) is 0. The van der Waals surface area contributed by atoms with Gasteiger partial charge in [0.05, 0.1) is 23.1 Å². The molecular weight excluding hydrogens is 296 g/mol. The van der Waals surface area contributed by atoms with Crippen molar-refractivity contribution in [1.29, 1.82) is 0 Å². The van der Waals surface area contributed by atoms with E-state index < -0.39 is 5.60 Å². The molecule has 1 saturated carbocycles. The van der Waals surface area contributed by atoms with Crippen LogP contribution < -0.4 is 5.73 Å². The maximum absolute atomic E-state index is 12.3. The fourth-order valence-electron chi connectivity index (χ4n) is 2.52. The Bertz CT molecular complexity index is 508. The maximum atomic E-state index is 12.3. The first-order chi connectivity index (χ1) is 8.51. The summed E-state index contributed by atoms with van der Waals surface area (Å²) in [6, 6.07) is 5.26. The molecule has 4 nitrogen and oxygen atoms in total. The van der Waals surface area contributed by atoms with Crippen LogP contribution in [0.15, 0.2) is 22.7 Å². The molecule has 0 aromatic heterocycles. The molecular formula is C13H15BrN2O2. The van der Waals surface area contributed by atoms with Crippen molar-refractivity contribution >= 4 is 27.5 Å². The number of halogens is 1. The Balaban J connectivity index is 1.74. The molecule has 0 unspecified atom stereocenters. The number of β-amino-alcohol motifs (C(OH)–C–C–N with tert-alkyl or cyclic N) is 1. The fourth-order valence-corrected chi connectivity index (χ4v) is 2.96. The van der Waals surface area contributed by atoms with Gasteiger partial charge in [0.2, 0.25) is 0 Å². The number of hydrogen-bond donors (Lipinski definition) is 2. The molecule has 96 valence electrons. The van der Waals surface area contributed by atoms with Gasteiger partial charge in [0.25, 0.3) is 5.91 Å². The minimum absolute atomic E-state index is 0.0699. The number of benzene rings is 1. The van der Waals surface area contributed by atoms with Gasteiger partial charge in [-0.2, -0.15) is 0 Å². The molecule has 3 N–H and O–H groups in total. The summed E-state index contributed by atoms with van der Waals surface area (Å²) in [6.07, 6.45) is 2.17. The number of rotatable bonds is 2. The molecule has 0 spiro atoms. The molecule has 0 radical (unpaired) electrons. The maximum Gasteiger partial charge on any atom is 0.255 e. The Morgan fingerprint density at radius 2 is 2.11 bits per heavy atom. The third kappa shape index (κ3) is 1.82. The molecule has 5 heteroatoms. The first-order valence-corrected chi connectivity index (χ1v) is 6.86. The van der Waals surface area contributed by atoms with E-state index in [1.54, 1.807) is 23.1 Å². The summed E-state index contributed by atoms with van der Waals surface area (Å²) in [5.41, 5.74) is 6.24. The monoisotopic (exact) mass is 310 g/mol. The van der Waals surface area contributed by atoms with Gasteiger partial charge in [0.1, 0.15) is 5.60 Å². The number of nitrogens with zero attached hydrogens (tertiary/aromatic N) is 1. The number of nitrogen functional groups attached to an aromatic ring is 1. The lowest BCUT2D eigenvalue weighted by atomic mass is 9.88. The second kappa shape index (κ2) is 3.96. The predicted molar refractivity (Wildman–Crippen MR) is 72.1 cm³/mol. The number of likely N-dealkylation sites (tertiary alicyclic amines) is 1. The second-order valence-electron chi connectivity index (χ2n) is 5.25. The summed E-state index contributed by atoms with van der Waals surface area (Å²) >= 11 is 3.34. The molecule has 1 heterocycles. The number of aliphatic hydroxyl groups is 1. The van der Waals surface area contributed by atoms with Gasteiger partial charge in [0, 0.05) is 5.69 Å². The molecule has 3 rings (SSSR count). The molecule has 1 amide bonds. The third-order valence-electron chi connectivity index (χ3n) is 3.81. The fraction of sp³-hybridized carbons (Fsp3) is 0.462. The van der Waals surface area contributed by atoms with Crippen molar-refractivity contribution < 1.29 is 9.90 Å². The van der Waals surface area contributed by atoms with Crippen molar-refractivity contribution in [3.63, 3.8) is 0 Å². The van der Waals surface area contributed by atoms with Crippen LogP contribution in [-0.2, 0) is 0 Å². The smallest absolute Gasteiger partial charge is 0.255 e. The summed E-state index contributed by atoms with van der Waals surface area (Å²) < 4.78 is 0.636. The minimum atomic E-state index is -0.636. The first-order valence-electron chi connectivity index (χ1n) is 6.07. The van der Waals surface area contributed by atoms with Crippen LogP contribution in [0, 0.1) is 5.92 Å². The summed E-state index contributed by atoms with van der Waals surface area (Å²) in [4.78, 5) is 13.9. The molecule has 1 aromatic rings. The van der Waals surface area contributed by atoms with Crippen LogP contribution >= 0.6 is 15.9 Å². The van der Waals surface area contributed by atoms with E-state index in [0.29, 0.717) is 34.7 Å². The highest BCUT2D eigenvalue weighted by molar-refractivity contribution is 9.10. The zero-order chi connectivity index (χ0) is 12.9. The molecule has 0 bridgehead atoms. The molecule has 0 atom stereocenters. The van der Waals surface area contributed by atoms with E-state index in [0.717, 1.165) is 12.8 Å². The number of anilines is 1. The van der Waals surface area contributed by atoms with Gasteiger partial charge >= 0.3 is 0 Å². The van der Waals surface area contributed by atoms with Gasteiger partial charge in [-0.3, -0.25) is 4.79 Å². The summed E-state index contributed by atoms with van der Waals surface area (Å²) in [5, 5.41) is 10.2. The van der Waals surface area contributed by atoms with E-state index in [1.807, 2.05) is 0 Å². The first kappa shape index (κ1) is 12.0. The second-order valence-corrected chi connectivity index (χ2v) is 6.04. The van der Waals surface area contributed by atoms with E-state index in [2.05, 4.69) is 15.9 Å². The number of amides is 1. The Hall–Kier alpha value is -1.07. The Labute approximate surface area is 114 Å². The molecule has 2 aliphatic rings. The van der Waals surface area contributed by atoms with E-state index in [1.165, 1.54) is 0 Å². The Kier molecular flexibility index (Phi) is 2.64. The van der Waals surface area contributed by atoms with Crippen molar-refractivity contribution in [1.82, 2.24) is 4.90 Å². The Morgan fingerprint density at radius 3 is 2.72 bits per heavy atom. The predicted octanol–water partition coefficient (Wildman–Crippen LogP) is 1.63. The van der Waals surface area contributed by atoms with E-state index >= 15 is 0 Å². The third-order valence-corrected chi connectivity index (χ3v) is 4.70. The van der Waals surface area contributed by atoms with Crippen LogP contribution in [0.1, 0.15) is 23.2 Å². The highest BCUT2D eigenvalue weighted by atomic mass is 79.9. The van der Waals surface area contributed by atoms with Crippen molar-refractivity contribution in [3.8, 4) is 0 Å². The quantitative estimate of drug-likeness (QED) is 0.816. The van der Waals surface area contributed by atoms with E-state index in [-0.39, 0.29) is 5.91 Å². The largest absolute Gasteiger partial charge is 0.398 e. The summed E-state index contributed by atoms with van der Waals surface area (Å²) in [6.45, 7) is 0.884. The van der Waals surface area contributed by atoms with Crippen LogP contribution in [0.25, 0.3) is 0 Å². The number of nitrogens with two attached hydrogens (primary N) is 1. The van der Waals surface area contributed by atoms with Gasteiger partial charge < -0.3 is 15.7 Å². The minimum Gasteiger partial charge on any atom is -0.398 e. The van der Waals surface area contributed by atoms with Crippen LogP contribution in [0.5, 0.6) is 0 Å². The zero-order valence-electron chi connectivity index (χ0n) is 9.90.